The molecule has 1 aromatic carbocycles. The van der Waals surface area contributed by atoms with E-state index in [0.717, 1.165) is 81.5 Å². The van der Waals surface area contributed by atoms with Crippen molar-refractivity contribution in [3.63, 3.8) is 0 Å². The number of rotatable bonds is 10. The lowest BCUT2D eigenvalue weighted by Gasteiger charge is -2.36. The molecule has 2 aromatic rings. The van der Waals surface area contributed by atoms with E-state index in [4.69, 9.17) is 4.74 Å². The Morgan fingerprint density at radius 3 is 2.84 bits per heavy atom. The summed E-state index contributed by atoms with van der Waals surface area (Å²) in [5.41, 5.74) is 4.76. The number of aldehydes is 1. The Morgan fingerprint density at radius 1 is 1.32 bits per heavy atom. The minimum atomic E-state index is -0.704. The van der Waals surface area contributed by atoms with Crippen molar-refractivity contribution in [3.8, 4) is 5.88 Å². The third-order valence-electron chi connectivity index (χ3n) is 6.38. The molecule has 4 rings (SSSR count). The molecule has 0 spiro atoms. The van der Waals surface area contributed by atoms with Crippen molar-refractivity contribution >= 4 is 17.7 Å². The van der Waals surface area contributed by atoms with Crippen LogP contribution in [-0.2, 0) is 17.8 Å². The van der Waals surface area contributed by atoms with E-state index >= 15 is 0 Å². The molecule has 1 aliphatic heterocycles. The maximum atomic E-state index is 11.4. The van der Waals surface area contributed by atoms with Crippen molar-refractivity contribution in [2.24, 2.45) is 0 Å². The molecule has 2 aliphatic rings. The average molecular weight is 421 g/mol. The highest BCUT2D eigenvalue weighted by atomic mass is 16.5. The minimum Gasteiger partial charge on any atom is -0.462 e. The molecular weight excluding hydrogens is 388 g/mol. The van der Waals surface area contributed by atoms with Gasteiger partial charge in [0.2, 0.25) is 5.88 Å². The molecule has 0 saturated heterocycles. The monoisotopic (exact) mass is 420 g/mol. The highest BCUT2D eigenvalue weighted by Gasteiger charge is 2.40. The number of fused-ring (bicyclic) bond motifs is 1. The number of carbonyl (C=O) groups excluding carboxylic acids is 1. The second-order valence-electron chi connectivity index (χ2n) is 8.52. The van der Waals surface area contributed by atoms with Crippen LogP contribution in [0.15, 0.2) is 43.1 Å². The molecule has 6 nitrogen and oxygen atoms in total. The SMILES string of the molecule is C=C(NCCCN1CCc2ccccc2C1)c1cnc(OC2(C=O)CCC2)c(NC)c1. The third-order valence-corrected chi connectivity index (χ3v) is 6.38. The number of carbonyl (C=O) groups is 1. The predicted molar refractivity (Wildman–Crippen MR) is 124 cm³/mol. The normalized spacial score (nSPS) is 17.2. The van der Waals surface area contributed by atoms with Crippen LogP contribution < -0.4 is 15.4 Å². The van der Waals surface area contributed by atoms with Gasteiger partial charge in [-0.2, -0.15) is 0 Å². The number of aromatic nitrogens is 1. The Kier molecular flexibility index (Phi) is 6.56. The van der Waals surface area contributed by atoms with Crippen molar-refractivity contribution in [3.05, 3.63) is 59.8 Å². The summed E-state index contributed by atoms with van der Waals surface area (Å²) in [5.74, 6) is 0.469. The Bertz CT molecular complexity index is 939. The maximum Gasteiger partial charge on any atom is 0.238 e. The predicted octanol–water partition coefficient (Wildman–Crippen LogP) is 3.63. The number of hydrogen-bond acceptors (Lipinski definition) is 6. The number of nitrogens with one attached hydrogen (secondary N) is 2. The Hall–Kier alpha value is -2.86. The van der Waals surface area contributed by atoms with Gasteiger partial charge in [-0.05, 0) is 49.3 Å². The molecule has 0 radical (unpaired) electrons. The van der Waals surface area contributed by atoms with Gasteiger partial charge in [0.05, 0.1) is 5.69 Å². The second kappa shape index (κ2) is 9.52. The highest BCUT2D eigenvalue weighted by Crippen LogP contribution is 2.37. The summed E-state index contributed by atoms with van der Waals surface area (Å²) in [7, 11) is 1.83. The number of benzene rings is 1. The van der Waals surface area contributed by atoms with E-state index in [1.807, 2.05) is 13.1 Å². The van der Waals surface area contributed by atoms with Crippen LogP contribution in [0.1, 0.15) is 42.4 Å². The van der Waals surface area contributed by atoms with Crippen LogP contribution in [0.3, 0.4) is 0 Å². The first-order valence-corrected chi connectivity index (χ1v) is 11.2. The van der Waals surface area contributed by atoms with E-state index in [1.54, 1.807) is 6.20 Å². The van der Waals surface area contributed by atoms with E-state index in [-0.39, 0.29) is 0 Å². The summed E-state index contributed by atoms with van der Waals surface area (Å²) in [4.78, 5) is 18.4. The fourth-order valence-electron chi connectivity index (χ4n) is 4.23. The number of ether oxygens (including phenoxy) is 1. The van der Waals surface area contributed by atoms with Gasteiger partial charge < -0.3 is 15.4 Å². The van der Waals surface area contributed by atoms with Gasteiger partial charge in [0.1, 0.15) is 0 Å². The molecule has 2 heterocycles. The Balaban J connectivity index is 1.26. The fourth-order valence-corrected chi connectivity index (χ4v) is 4.23. The molecule has 1 aromatic heterocycles. The quantitative estimate of drug-likeness (QED) is 0.452. The summed E-state index contributed by atoms with van der Waals surface area (Å²) >= 11 is 0. The Morgan fingerprint density at radius 2 is 2.13 bits per heavy atom. The number of nitrogens with zero attached hydrogens (tertiary/aromatic N) is 2. The molecule has 0 atom stereocenters. The lowest BCUT2D eigenvalue weighted by molar-refractivity contribution is -0.128. The van der Waals surface area contributed by atoms with Crippen LogP contribution in [0.2, 0.25) is 0 Å². The molecule has 2 N–H and O–H groups in total. The van der Waals surface area contributed by atoms with Crippen LogP contribution in [0.5, 0.6) is 5.88 Å². The number of pyridine rings is 1. The zero-order valence-electron chi connectivity index (χ0n) is 18.3. The molecule has 0 amide bonds. The first-order chi connectivity index (χ1) is 15.1. The van der Waals surface area contributed by atoms with Gasteiger partial charge in [-0.25, -0.2) is 4.98 Å². The average Bonchev–Trinajstić information content (AvgIpc) is 2.79. The van der Waals surface area contributed by atoms with Gasteiger partial charge in [-0.15, -0.1) is 0 Å². The van der Waals surface area contributed by atoms with Gasteiger partial charge in [0.15, 0.2) is 11.9 Å². The fraction of sp³-hybridized carbons (Fsp3) is 0.440. The van der Waals surface area contributed by atoms with Crippen LogP contribution in [0.4, 0.5) is 5.69 Å². The topological polar surface area (TPSA) is 66.5 Å². The first-order valence-electron chi connectivity index (χ1n) is 11.2. The smallest absolute Gasteiger partial charge is 0.238 e. The molecule has 0 bridgehead atoms. The van der Waals surface area contributed by atoms with Crippen LogP contribution in [0, 0.1) is 0 Å². The van der Waals surface area contributed by atoms with Crippen LogP contribution in [-0.4, -0.2) is 48.5 Å². The molecule has 6 heteroatoms. The van der Waals surface area contributed by atoms with Gasteiger partial charge in [-0.3, -0.25) is 9.69 Å². The molecule has 1 aliphatic carbocycles. The maximum absolute atomic E-state index is 11.4. The van der Waals surface area contributed by atoms with E-state index in [0.29, 0.717) is 5.88 Å². The van der Waals surface area contributed by atoms with Gasteiger partial charge in [0.25, 0.3) is 0 Å². The number of hydrogen-bond donors (Lipinski definition) is 2. The van der Waals surface area contributed by atoms with Gasteiger partial charge >= 0.3 is 0 Å². The highest BCUT2D eigenvalue weighted by molar-refractivity contribution is 5.69. The lowest BCUT2D eigenvalue weighted by Crippen LogP contribution is -2.45. The zero-order chi connectivity index (χ0) is 21.7. The van der Waals surface area contributed by atoms with Gasteiger partial charge in [0, 0.05) is 50.7 Å². The van der Waals surface area contributed by atoms with Crippen LogP contribution >= 0.6 is 0 Å². The van der Waals surface area contributed by atoms with Crippen molar-refractivity contribution in [1.29, 1.82) is 0 Å². The molecule has 0 unspecified atom stereocenters. The zero-order valence-corrected chi connectivity index (χ0v) is 18.3. The van der Waals surface area contributed by atoms with Crippen molar-refractivity contribution in [2.45, 2.75) is 44.2 Å². The van der Waals surface area contributed by atoms with Crippen molar-refractivity contribution in [2.75, 3.05) is 32.0 Å². The Labute approximate surface area is 184 Å². The van der Waals surface area contributed by atoms with Crippen molar-refractivity contribution < 1.29 is 9.53 Å². The van der Waals surface area contributed by atoms with E-state index in [2.05, 4.69) is 51.4 Å². The summed E-state index contributed by atoms with van der Waals surface area (Å²) in [6.07, 6.45) is 7.36. The largest absolute Gasteiger partial charge is 0.462 e. The minimum absolute atomic E-state index is 0.469. The lowest BCUT2D eigenvalue weighted by atomic mass is 9.81. The molecular formula is C25H32N4O2. The summed E-state index contributed by atoms with van der Waals surface area (Å²) in [6, 6.07) is 10.7. The molecule has 1 saturated carbocycles. The standard InChI is InChI=1S/C25H32N4O2/c1-19(27-12-6-13-29-14-9-20-7-3-4-8-21(20)17-29)22-15-23(26-2)24(28-16-22)31-25(18-30)10-5-11-25/h3-4,7-8,15-16,18,26-27H,1,5-6,9-14,17H2,2H3. The second-order valence-corrected chi connectivity index (χ2v) is 8.52. The van der Waals surface area contributed by atoms with Crippen LogP contribution in [0.25, 0.3) is 5.70 Å². The third kappa shape index (κ3) is 4.90. The molecule has 164 valence electrons. The summed E-state index contributed by atoms with van der Waals surface area (Å²) in [5, 5.41) is 6.55. The number of anilines is 1. The van der Waals surface area contributed by atoms with Crippen molar-refractivity contribution in [1.82, 2.24) is 15.2 Å². The summed E-state index contributed by atoms with van der Waals surface area (Å²) in [6.45, 7) is 8.26. The summed E-state index contributed by atoms with van der Waals surface area (Å²) < 4.78 is 5.94. The van der Waals surface area contributed by atoms with E-state index < -0.39 is 5.60 Å². The first kappa shape index (κ1) is 21.4. The molecule has 31 heavy (non-hydrogen) atoms. The van der Waals surface area contributed by atoms with Gasteiger partial charge in [-0.1, -0.05) is 30.8 Å². The van der Waals surface area contributed by atoms with E-state index in [1.165, 1.54) is 11.1 Å². The van der Waals surface area contributed by atoms with E-state index in [9.17, 15) is 4.79 Å². The molecule has 1 fully saturated rings.